The molecule has 0 aromatic rings. The average molecular weight is 151 g/mol. The Hall–Kier alpha value is -1.38. The number of methoxy groups -OCH3 is 1. The highest BCUT2D eigenvalue weighted by Crippen LogP contribution is 2.09. The molecule has 0 radical (unpaired) electrons. The molecule has 1 aliphatic carbocycles. The third-order valence-electron chi connectivity index (χ3n) is 1.48. The summed E-state index contributed by atoms with van der Waals surface area (Å²) in [5.41, 5.74) is 0.277. The van der Waals surface area contributed by atoms with Crippen molar-refractivity contribution in [2.45, 2.75) is 0 Å². The van der Waals surface area contributed by atoms with Crippen molar-refractivity contribution in [2.75, 3.05) is 7.11 Å². The van der Waals surface area contributed by atoms with E-state index in [2.05, 4.69) is 4.74 Å². The van der Waals surface area contributed by atoms with Crippen LogP contribution in [0.25, 0.3) is 0 Å². The van der Waals surface area contributed by atoms with Crippen LogP contribution in [0.5, 0.6) is 0 Å². The summed E-state index contributed by atoms with van der Waals surface area (Å²) in [6.07, 6.45) is 6.69. The summed E-state index contributed by atoms with van der Waals surface area (Å²) in [5, 5.41) is 7.34. The van der Waals surface area contributed by atoms with Gasteiger partial charge >= 0.3 is 5.97 Å². The molecule has 0 saturated heterocycles. The van der Waals surface area contributed by atoms with Crippen LogP contribution in [-0.2, 0) is 9.53 Å². The van der Waals surface area contributed by atoms with E-state index in [1.165, 1.54) is 7.11 Å². The van der Waals surface area contributed by atoms with Gasteiger partial charge in [-0.2, -0.15) is 0 Å². The Kier molecular flexibility index (Phi) is 2.21. The molecule has 1 unspecified atom stereocenters. The number of nitrogens with one attached hydrogen (secondary N) is 1. The number of carbonyl (C=O) groups is 1. The van der Waals surface area contributed by atoms with Crippen LogP contribution in [0.1, 0.15) is 0 Å². The summed E-state index contributed by atoms with van der Waals surface area (Å²) in [5.74, 6) is -0.888. The molecule has 58 valence electrons. The highest BCUT2D eigenvalue weighted by Gasteiger charge is 2.20. The molecule has 0 amide bonds. The Morgan fingerprint density at radius 2 is 2.36 bits per heavy atom. The molecule has 3 heteroatoms. The molecular weight excluding hydrogens is 142 g/mol. The zero-order valence-electron chi connectivity index (χ0n) is 6.20. The van der Waals surface area contributed by atoms with E-state index in [1.807, 2.05) is 0 Å². The van der Waals surface area contributed by atoms with Crippen LogP contribution < -0.4 is 0 Å². The third-order valence-corrected chi connectivity index (χ3v) is 1.48. The second kappa shape index (κ2) is 3.14. The van der Waals surface area contributed by atoms with Crippen LogP contribution in [0.4, 0.5) is 0 Å². The van der Waals surface area contributed by atoms with Gasteiger partial charge in [0.1, 0.15) is 5.92 Å². The molecule has 1 aliphatic rings. The van der Waals surface area contributed by atoms with Crippen molar-refractivity contribution in [2.24, 2.45) is 5.92 Å². The summed E-state index contributed by atoms with van der Waals surface area (Å²) in [6.45, 7) is 0. The molecule has 0 bridgehead atoms. The quantitative estimate of drug-likeness (QED) is 0.566. The predicted molar refractivity (Wildman–Crippen MR) is 41.5 cm³/mol. The second-order valence-corrected chi connectivity index (χ2v) is 2.20. The van der Waals surface area contributed by atoms with Gasteiger partial charge in [0, 0.05) is 5.71 Å². The topological polar surface area (TPSA) is 50.2 Å². The molecule has 0 aromatic carbocycles. The fraction of sp³-hybridized carbons (Fsp3) is 0.250. The van der Waals surface area contributed by atoms with Gasteiger partial charge in [0.25, 0.3) is 0 Å². The second-order valence-electron chi connectivity index (χ2n) is 2.20. The maximum Gasteiger partial charge on any atom is 0.318 e. The first-order chi connectivity index (χ1) is 5.25. The molecule has 0 heterocycles. The van der Waals surface area contributed by atoms with Crippen molar-refractivity contribution in [3.63, 3.8) is 0 Å². The van der Waals surface area contributed by atoms with E-state index < -0.39 is 5.92 Å². The summed E-state index contributed by atoms with van der Waals surface area (Å²) in [7, 11) is 1.32. The van der Waals surface area contributed by atoms with Gasteiger partial charge in [0.05, 0.1) is 7.11 Å². The van der Waals surface area contributed by atoms with Crippen molar-refractivity contribution in [3.8, 4) is 0 Å². The summed E-state index contributed by atoms with van der Waals surface area (Å²) < 4.78 is 4.50. The Bertz CT molecular complexity index is 240. The fourth-order valence-electron chi connectivity index (χ4n) is 0.874. The summed E-state index contributed by atoms with van der Waals surface area (Å²) in [6, 6.07) is 0. The third kappa shape index (κ3) is 1.55. The molecule has 1 atom stereocenters. The molecule has 0 aliphatic heterocycles. The predicted octanol–water partition coefficient (Wildman–Crippen LogP) is 0.921. The van der Waals surface area contributed by atoms with Gasteiger partial charge in [-0.1, -0.05) is 18.2 Å². The highest BCUT2D eigenvalue weighted by atomic mass is 16.5. The van der Waals surface area contributed by atoms with Crippen molar-refractivity contribution in [1.82, 2.24) is 0 Å². The molecule has 1 rings (SSSR count). The van der Waals surface area contributed by atoms with Gasteiger partial charge in [-0.05, 0) is 6.08 Å². The number of hydrogen-bond donors (Lipinski definition) is 1. The number of hydrogen-bond acceptors (Lipinski definition) is 3. The number of carbonyl (C=O) groups excluding carboxylic acids is 1. The van der Waals surface area contributed by atoms with Crippen molar-refractivity contribution in [3.05, 3.63) is 24.3 Å². The number of allylic oxidation sites excluding steroid dienone is 3. The van der Waals surface area contributed by atoms with E-state index in [9.17, 15) is 4.79 Å². The first-order valence-electron chi connectivity index (χ1n) is 3.27. The summed E-state index contributed by atoms with van der Waals surface area (Å²) in [4.78, 5) is 10.9. The van der Waals surface area contributed by atoms with E-state index in [-0.39, 0.29) is 11.7 Å². The van der Waals surface area contributed by atoms with Gasteiger partial charge in [-0.3, -0.25) is 4.79 Å². The summed E-state index contributed by atoms with van der Waals surface area (Å²) >= 11 is 0. The smallest absolute Gasteiger partial charge is 0.318 e. The molecule has 11 heavy (non-hydrogen) atoms. The van der Waals surface area contributed by atoms with Gasteiger partial charge in [0.2, 0.25) is 0 Å². The lowest BCUT2D eigenvalue weighted by atomic mass is 9.99. The molecule has 0 fully saturated rings. The van der Waals surface area contributed by atoms with E-state index in [0.717, 1.165) is 0 Å². The lowest BCUT2D eigenvalue weighted by Gasteiger charge is -2.10. The monoisotopic (exact) mass is 151 g/mol. The van der Waals surface area contributed by atoms with E-state index >= 15 is 0 Å². The molecule has 3 nitrogen and oxygen atoms in total. The zero-order valence-corrected chi connectivity index (χ0v) is 6.20. The van der Waals surface area contributed by atoms with E-state index in [1.54, 1.807) is 24.3 Å². The largest absolute Gasteiger partial charge is 0.468 e. The first kappa shape index (κ1) is 7.72. The maximum absolute atomic E-state index is 10.9. The van der Waals surface area contributed by atoms with Gasteiger partial charge in [0.15, 0.2) is 0 Å². The lowest BCUT2D eigenvalue weighted by molar-refractivity contribution is -0.141. The Morgan fingerprint density at radius 1 is 1.64 bits per heavy atom. The van der Waals surface area contributed by atoms with Gasteiger partial charge in [-0.15, -0.1) is 0 Å². The van der Waals surface area contributed by atoms with Crippen molar-refractivity contribution < 1.29 is 9.53 Å². The van der Waals surface area contributed by atoms with Crippen LogP contribution in [0.15, 0.2) is 24.3 Å². The fourth-order valence-corrected chi connectivity index (χ4v) is 0.874. The van der Waals surface area contributed by atoms with Crippen molar-refractivity contribution in [1.29, 1.82) is 5.41 Å². The average Bonchev–Trinajstić information content (AvgIpc) is 2.04. The van der Waals surface area contributed by atoms with Crippen LogP contribution in [0.3, 0.4) is 0 Å². The van der Waals surface area contributed by atoms with E-state index in [0.29, 0.717) is 0 Å². The van der Waals surface area contributed by atoms with Crippen LogP contribution in [0.2, 0.25) is 0 Å². The molecule has 0 aromatic heterocycles. The van der Waals surface area contributed by atoms with Crippen molar-refractivity contribution >= 4 is 11.7 Å². The van der Waals surface area contributed by atoms with Gasteiger partial charge < -0.3 is 10.1 Å². The molecule has 0 saturated carbocycles. The normalized spacial score (nSPS) is 21.9. The Labute approximate surface area is 64.9 Å². The minimum atomic E-state index is -0.509. The zero-order chi connectivity index (χ0) is 8.27. The highest BCUT2D eigenvalue weighted by molar-refractivity contribution is 6.09. The first-order valence-corrected chi connectivity index (χ1v) is 3.27. The van der Waals surface area contributed by atoms with E-state index in [4.69, 9.17) is 5.41 Å². The van der Waals surface area contributed by atoms with Crippen LogP contribution >= 0.6 is 0 Å². The molecule has 1 N–H and O–H groups in total. The number of ether oxygens (including phenoxy) is 1. The molecule has 0 spiro atoms. The minimum absolute atomic E-state index is 0.277. The number of esters is 1. The van der Waals surface area contributed by atoms with Crippen LogP contribution in [0, 0.1) is 11.3 Å². The SMILES string of the molecule is COC(=O)C1C=CC=CC1=N. The number of rotatable bonds is 1. The maximum atomic E-state index is 10.9. The van der Waals surface area contributed by atoms with Gasteiger partial charge in [-0.25, -0.2) is 0 Å². The van der Waals surface area contributed by atoms with Crippen LogP contribution in [-0.4, -0.2) is 18.8 Å². The molecular formula is C8H9NO2. The lowest BCUT2D eigenvalue weighted by Crippen LogP contribution is -2.22. The minimum Gasteiger partial charge on any atom is -0.468 e. The Morgan fingerprint density at radius 3 is 2.91 bits per heavy atom. The standard InChI is InChI=1S/C8H9NO2/c1-11-8(10)6-4-2-3-5-7(6)9/h2-6,9H,1H3. The Balaban J connectivity index is 2.73.